The van der Waals surface area contributed by atoms with Crippen molar-refractivity contribution in [1.82, 2.24) is 19.9 Å². The molecule has 1 aliphatic heterocycles. The molecular formula is C18H26FN5O. The summed E-state index contributed by atoms with van der Waals surface area (Å²) in [6, 6.07) is 8.19. The zero-order chi connectivity index (χ0) is 17.5. The fraction of sp³-hybridized carbons (Fsp3) is 0.556. The number of aromatic nitrogens is 3. The molecule has 0 unspecified atom stereocenters. The van der Waals surface area contributed by atoms with Gasteiger partial charge in [-0.1, -0.05) is 17.3 Å². The molecule has 0 spiro atoms. The maximum absolute atomic E-state index is 12.3. The first-order chi connectivity index (χ1) is 12.3. The summed E-state index contributed by atoms with van der Waals surface area (Å²) in [4.78, 5) is 4.86. The third-order valence-electron chi connectivity index (χ3n) is 4.60. The van der Waals surface area contributed by atoms with Gasteiger partial charge in [-0.2, -0.15) is 0 Å². The Morgan fingerprint density at radius 3 is 2.68 bits per heavy atom. The van der Waals surface area contributed by atoms with Gasteiger partial charge in [-0.05, 0) is 18.6 Å². The number of methoxy groups -OCH3 is 1. The Kier molecular flexibility index (Phi) is 6.22. The monoisotopic (exact) mass is 347 g/mol. The van der Waals surface area contributed by atoms with Crippen molar-refractivity contribution in [2.24, 2.45) is 0 Å². The number of halogens is 1. The van der Waals surface area contributed by atoms with Crippen LogP contribution in [-0.2, 0) is 13.0 Å². The predicted octanol–water partition coefficient (Wildman–Crippen LogP) is 2.01. The zero-order valence-electron chi connectivity index (χ0n) is 14.8. The van der Waals surface area contributed by atoms with Crippen molar-refractivity contribution < 1.29 is 9.13 Å². The average Bonchev–Trinajstić information content (AvgIpc) is 3.10. The summed E-state index contributed by atoms with van der Waals surface area (Å²) in [6.07, 6.45) is 3.22. The third kappa shape index (κ3) is 4.69. The van der Waals surface area contributed by atoms with Gasteiger partial charge in [-0.3, -0.25) is 14.0 Å². The maximum Gasteiger partial charge on any atom is 0.142 e. The molecule has 3 rings (SSSR count). The van der Waals surface area contributed by atoms with Crippen LogP contribution in [0.4, 0.5) is 10.1 Å². The van der Waals surface area contributed by atoms with Gasteiger partial charge in [0, 0.05) is 51.9 Å². The van der Waals surface area contributed by atoms with E-state index in [0.717, 1.165) is 57.1 Å². The van der Waals surface area contributed by atoms with Crippen molar-refractivity contribution in [3.05, 3.63) is 36.2 Å². The largest absolute Gasteiger partial charge is 0.495 e. The fourth-order valence-electron chi connectivity index (χ4n) is 3.22. The number of benzene rings is 1. The highest BCUT2D eigenvalue weighted by Crippen LogP contribution is 2.28. The van der Waals surface area contributed by atoms with Crippen LogP contribution in [0.5, 0.6) is 5.75 Å². The van der Waals surface area contributed by atoms with E-state index in [4.69, 9.17) is 4.74 Å². The lowest BCUT2D eigenvalue weighted by molar-refractivity contribution is 0.248. The van der Waals surface area contributed by atoms with Crippen LogP contribution < -0.4 is 9.64 Å². The molecule has 25 heavy (non-hydrogen) atoms. The second-order valence-electron chi connectivity index (χ2n) is 6.27. The lowest BCUT2D eigenvalue weighted by atomic mass is 10.2. The Morgan fingerprint density at radius 2 is 1.92 bits per heavy atom. The SMILES string of the molecule is COc1ccccc1N1CCN(CCCn2cc(CCF)nn2)CC1. The van der Waals surface area contributed by atoms with Gasteiger partial charge in [0.05, 0.1) is 25.2 Å². The van der Waals surface area contributed by atoms with Crippen molar-refractivity contribution in [2.75, 3.05) is 51.4 Å². The molecule has 0 amide bonds. The minimum Gasteiger partial charge on any atom is -0.495 e. The first kappa shape index (κ1) is 17.7. The number of hydrogen-bond acceptors (Lipinski definition) is 5. The molecule has 1 fully saturated rings. The van der Waals surface area contributed by atoms with Gasteiger partial charge in [0.15, 0.2) is 0 Å². The molecule has 0 bridgehead atoms. The summed E-state index contributed by atoms with van der Waals surface area (Å²) in [6.45, 7) is 5.58. The molecule has 1 saturated heterocycles. The molecular weight excluding hydrogens is 321 g/mol. The van der Waals surface area contributed by atoms with Crippen LogP contribution in [0.3, 0.4) is 0 Å². The maximum atomic E-state index is 12.3. The van der Waals surface area contributed by atoms with E-state index in [0.29, 0.717) is 6.42 Å². The number of anilines is 1. The van der Waals surface area contributed by atoms with Gasteiger partial charge < -0.3 is 9.64 Å². The molecule has 2 aromatic rings. The molecule has 0 saturated carbocycles. The van der Waals surface area contributed by atoms with Gasteiger partial charge in [0.2, 0.25) is 0 Å². The fourth-order valence-corrected chi connectivity index (χ4v) is 3.22. The Labute approximate surface area is 148 Å². The molecule has 136 valence electrons. The van der Waals surface area contributed by atoms with Crippen molar-refractivity contribution in [3.63, 3.8) is 0 Å². The molecule has 1 aliphatic rings. The van der Waals surface area contributed by atoms with Crippen molar-refractivity contribution >= 4 is 5.69 Å². The van der Waals surface area contributed by atoms with E-state index in [1.54, 1.807) is 7.11 Å². The second-order valence-corrected chi connectivity index (χ2v) is 6.27. The highest BCUT2D eigenvalue weighted by molar-refractivity contribution is 5.58. The molecule has 1 aromatic carbocycles. The summed E-state index contributed by atoms with van der Waals surface area (Å²) >= 11 is 0. The van der Waals surface area contributed by atoms with E-state index >= 15 is 0 Å². The number of nitrogens with zero attached hydrogens (tertiary/aromatic N) is 5. The Bertz CT molecular complexity index is 654. The van der Waals surface area contributed by atoms with E-state index in [-0.39, 0.29) is 6.67 Å². The highest BCUT2D eigenvalue weighted by Gasteiger charge is 2.19. The topological polar surface area (TPSA) is 46.4 Å². The average molecular weight is 347 g/mol. The van der Waals surface area contributed by atoms with Crippen LogP contribution in [0, 0.1) is 0 Å². The van der Waals surface area contributed by atoms with Crippen LogP contribution in [0.2, 0.25) is 0 Å². The number of para-hydroxylation sites is 2. The second kappa shape index (κ2) is 8.80. The standard InChI is InChI=1S/C18H26FN5O/c1-25-18-6-3-2-5-17(18)23-13-11-22(12-14-23)9-4-10-24-15-16(7-8-19)20-21-24/h2-3,5-6,15H,4,7-14H2,1H3. The molecule has 0 atom stereocenters. The van der Waals surface area contributed by atoms with Crippen LogP contribution >= 0.6 is 0 Å². The van der Waals surface area contributed by atoms with Gasteiger partial charge in [0.25, 0.3) is 0 Å². The molecule has 7 heteroatoms. The van der Waals surface area contributed by atoms with Crippen LogP contribution in [0.25, 0.3) is 0 Å². The Balaban J connectivity index is 1.42. The lowest BCUT2D eigenvalue weighted by Gasteiger charge is -2.36. The minimum atomic E-state index is -0.380. The number of hydrogen-bond donors (Lipinski definition) is 0. The Hall–Kier alpha value is -2.15. The zero-order valence-corrected chi connectivity index (χ0v) is 14.8. The lowest BCUT2D eigenvalue weighted by Crippen LogP contribution is -2.46. The summed E-state index contributed by atoms with van der Waals surface area (Å²) in [5.41, 5.74) is 1.90. The van der Waals surface area contributed by atoms with Gasteiger partial charge >= 0.3 is 0 Å². The predicted molar refractivity (Wildman–Crippen MR) is 96.0 cm³/mol. The first-order valence-electron chi connectivity index (χ1n) is 8.85. The van der Waals surface area contributed by atoms with E-state index < -0.39 is 0 Å². The minimum absolute atomic E-state index is 0.352. The third-order valence-corrected chi connectivity index (χ3v) is 4.60. The first-order valence-corrected chi connectivity index (χ1v) is 8.85. The number of aryl methyl sites for hydroxylation is 2. The number of alkyl halides is 1. The summed E-state index contributed by atoms with van der Waals surface area (Å²) in [5, 5.41) is 8.02. The van der Waals surface area contributed by atoms with Crippen molar-refractivity contribution in [2.45, 2.75) is 19.4 Å². The van der Waals surface area contributed by atoms with Crippen LogP contribution in [0.1, 0.15) is 12.1 Å². The summed E-state index contributed by atoms with van der Waals surface area (Å²) in [7, 11) is 1.72. The molecule has 0 radical (unpaired) electrons. The van der Waals surface area contributed by atoms with E-state index in [2.05, 4.69) is 32.2 Å². The molecule has 0 aliphatic carbocycles. The molecule has 1 aromatic heterocycles. The van der Waals surface area contributed by atoms with Gasteiger partial charge in [-0.15, -0.1) is 5.10 Å². The Morgan fingerprint density at radius 1 is 1.12 bits per heavy atom. The number of rotatable bonds is 8. The van der Waals surface area contributed by atoms with E-state index in [1.165, 1.54) is 5.69 Å². The van der Waals surface area contributed by atoms with E-state index in [9.17, 15) is 4.39 Å². The molecule has 2 heterocycles. The highest BCUT2D eigenvalue weighted by atomic mass is 19.1. The van der Waals surface area contributed by atoms with Gasteiger partial charge in [0.1, 0.15) is 5.75 Å². The van der Waals surface area contributed by atoms with Crippen molar-refractivity contribution in [3.8, 4) is 5.75 Å². The summed E-state index contributed by atoms with van der Waals surface area (Å²) in [5.74, 6) is 0.936. The summed E-state index contributed by atoms with van der Waals surface area (Å²) < 4.78 is 19.6. The quantitative estimate of drug-likeness (QED) is 0.731. The van der Waals surface area contributed by atoms with E-state index in [1.807, 2.05) is 23.0 Å². The van der Waals surface area contributed by atoms with Crippen LogP contribution in [0.15, 0.2) is 30.5 Å². The smallest absolute Gasteiger partial charge is 0.142 e. The normalized spacial score (nSPS) is 15.5. The van der Waals surface area contributed by atoms with Crippen molar-refractivity contribution in [1.29, 1.82) is 0 Å². The molecule has 6 nitrogen and oxygen atoms in total. The van der Waals surface area contributed by atoms with Crippen LogP contribution in [-0.4, -0.2) is 66.4 Å². The molecule has 0 N–H and O–H groups in total. The number of ether oxygens (including phenoxy) is 1. The number of piperazine rings is 1. The van der Waals surface area contributed by atoms with Gasteiger partial charge in [-0.25, -0.2) is 0 Å².